The molecule has 0 atom stereocenters. The Balaban J connectivity index is 1.93. The number of nitrogens with two attached hydrogens (primary N) is 1. The molecule has 0 aliphatic heterocycles. The molecule has 0 amide bonds. The number of hydrogen-bond donors (Lipinski definition) is 1. The van der Waals surface area contributed by atoms with Crippen molar-refractivity contribution in [3.8, 4) is 11.5 Å². The molecule has 0 radical (unpaired) electrons. The average molecular weight is 404 g/mol. The van der Waals surface area contributed by atoms with Crippen molar-refractivity contribution < 1.29 is 9.47 Å². The Kier molecular flexibility index (Phi) is 6.62. The fraction of sp³-hybridized carbons (Fsp3) is 0.240. The first-order valence-corrected chi connectivity index (χ1v) is 9.91. The molecular formula is C25H29N3O2. The first-order valence-electron chi connectivity index (χ1n) is 9.91. The molecule has 0 bridgehead atoms. The van der Waals surface area contributed by atoms with Crippen LogP contribution in [0.3, 0.4) is 0 Å². The van der Waals surface area contributed by atoms with E-state index in [9.17, 15) is 0 Å². The van der Waals surface area contributed by atoms with E-state index in [1.807, 2.05) is 24.3 Å². The SMILES string of the molecule is C=NN(/C=C(\N)c1cc(C(C)C)c(OC)cc1OC)Cc1ccc2ccccc2c1. The lowest BCUT2D eigenvalue weighted by molar-refractivity contribution is 0.387. The molecule has 30 heavy (non-hydrogen) atoms. The largest absolute Gasteiger partial charge is 0.496 e. The molecule has 0 aliphatic rings. The molecule has 5 nitrogen and oxygen atoms in total. The fourth-order valence-electron chi connectivity index (χ4n) is 3.49. The molecule has 0 heterocycles. The molecule has 3 aromatic rings. The van der Waals surface area contributed by atoms with Crippen molar-refractivity contribution in [2.75, 3.05) is 14.2 Å². The van der Waals surface area contributed by atoms with Gasteiger partial charge in [0, 0.05) is 24.5 Å². The molecule has 2 N–H and O–H groups in total. The van der Waals surface area contributed by atoms with E-state index in [2.05, 4.69) is 56.0 Å². The van der Waals surface area contributed by atoms with Crippen LogP contribution in [0.2, 0.25) is 0 Å². The van der Waals surface area contributed by atoms with Gasteiger partial charge in [-0.3, -0.25) is 5.01 Å². The maximum absolute atomic E-state index is 6.46. The summed E-state index contributed by atoms with van der Waals surface area (Å²) in [7, 11) is 3.28. The second kappa shape index (κ2) is 9.35. The zero-order chi connectivity index (χ0) is 21.7. The zero-order valence-electron chi connectivity index (χ0n) is 18.1. The van der Waals surface area contributed by atoms with E-state index < -0.39 is 0 Å². The summed E-state index contributed by atoms with van der Waals surface area (Å²) in [4.78, 5) is 0. The van der Waals surface area contributed by atoms with Crippen LogP contribution in [0.5, 0.6) is 11.5 Å². The summed E-state index contributed by atoms with van der Waals surface area (Å²) in [5, 5.41) is 8.27. The van der Waals surface area contributed by atoms with Gasteiger partial charge in [0.05, 0.1) is 26.5 Å². The Bertz CT molecular complexity index is 1070. The fourth-order valence-corrected chi connectivity index (χ4v) is 3.49. The maximum atomic E-state index is 6.46. The highest BCUT2D eigenvalue weighted by Gasteiger charge is 2.16. The first-order chi connectivity index (χ1) is 14.5. The van der Waals surface area contributed by atoms with Crippen LogP contribution in [0.25, 0.3) is 16.5 Å². The monoisotopic (exact) mass is 403 g/mol. The van der Waals surface area contributed by atoms with Gasteiger partial charge >= 0.3 is 0 Å². The van der Waals surface area contributed by atoms with E-state index >= 15 is 0 Å². The van der Waals surface area contributed by atoms with Crippen molar-refractivity contribution in [1.82, 2.24) is 5.01 Å². The maximum Gasteiger partial charge on any atom is 0.131 e. The van der Waals surface area contributed by atoms with Crippen LogP contribution in [0.4, 0.5) is 0 Å². The summed E-state index contributed by atoms with van der Waals surface area (Å²) in [5.74, 6) is 1.72. The van der Waals surface area contributed by atoms with Crippen LogP contribution in [0.1, 0.15) is 36.5 Å². The van der Waals surface area contributed by atoms with Gasteiger partial charge in [-0.05, 0) is 39.9 Å². The van der Waals surface area contributed by atoms with Crippen LogP contribution >= 0.6 is 0 Å². The van der Waals surface area contributed by atoms with Gasteiger partial charge in [0.2, 0.25) is 0 Å². The number of benzene rings is 3. The second-order valence-corrected chi connectivity index (χ2v) is 7.45. The third kappa shape index (κ3) is 4.57. The van der Waals surface area contributed by atoms with Gasteiger partial charge < -0.3 is 15.2 Å². The smallest absolute Gasteiger partial charge is 0.131 e. The summed E-state index contributed by atoms with van der Waals surface area (Å²) in [6.45, 7) is 8.50. The highest BCUT2D eigenvalue weighted by molar-refractivity contribution is 5.83. The highest BCUT2D eigenvalue weighted by Crippen LogP contribution is 2.35. The molecule has 0 aliphatic carbocycles. The minimum absolute atomic E-state index is 0.281. The number of methoxy groups -OCH3 is 2. The molecule has 5 heteroatoms. The topological polar surface area (TPSA) is 60.1 Å². The molecular weight excluding hydrogens is 374 g/mol. The van der Waals surface area contributed by atoms with Crippen LogP contribution in [-0.2, 0) is 6.54 Å². The first kappa shape index (κ1) is 21.2. The zero-order valence-corrected chi connectivity index (χ0v) is 18.1. The molecule has 0 fully saturated rings. The Morgan fingerprint density at radius 1 is 1.03 bits per heavy atom. The molecule has 0 saturated heterocycles. The number of fused-ring (bicyclic) bond motifs is 1. The van der Waals surface area contributed by atoms with Crippen LogP contribution in [0.15, 0.2) is 65.9 Å². The normalized spacial score (nSPS) is 11.6. The Morgan fingerprint density at radius 3 is 2.37 bits per heavy atom. The number of hydrogen-bond acceptors (Lipinski definition) is 5. The van der Waals surface area contributed by atoms with Crippen LogP contribution in [0, 0.1) is 0 Å². The summed E-state index contributed by atoms with van der Waals surface area (Å²) >= 11 is 0. The van der Waals surface area contributed by atoms with Crippen LogP contribution < -0.4 is 15.2 Å². The van der Waals surface area contributed by atoms with Crippen molar-refractivity contribution in [2.45, 2.75) is 26.3 Å². The van der Waals surface area contributed by atoms with Gasteiger partial charge in [-0.15, -0.1) is 0 Å². The van der Waals surface area contributed by atoms with Crippen molar-refractivity contribution in [3.63, 3.8) is 0 Å². The minimum Gasteiger partial charge on any atom is -0.496 e. The van der Waals surface area contributed by atoms with E-state index in [-0.39, 0.29) is 5.92 Å². The molecule has 0 unspecified atom stereocenters. The highest BCUT2D eigenvalue weighted by atomic mass is 16.5. The molecule has 0 saturated carbocycles. The Morgan fingerprint density at radius 2 is 1.73 bits per heavy atom. The molecule has 0 aromatic heterocycles. The predicted molar refractivity (Wildman–Crippen MR) is 125 cm³/mol. The summed E-state index contributed by atoms with van der Waals surface area (Å²) in [5.41, 5.74) is 10.00. The molecule has 0 spiro atoms. The summed E-state index contributed by atoms with van der Waals surface area (Å²) < 4.78 is 11.1. The lowest BCUT2D eigenvalue weighted by Gasteiger charge is -2.19. The number of rotatable bonds is 8. The standard InChI is InChI=1S/C25H29N3O2/c1-17(2)21-13-22(25(30-5)14-24(21)29-4)23(26)16-28(27-3)15-18-10-11-19-8-6-7-9-20(19)12-18/h6-14,16-17H,3,15,26H2,1-2,4-5H3/b23-16-. The Hall–Kier alpha value is -3.47. The number of ether oxygens (including phenoxy) is 2. The minimum atomic E-state index is 0.281. The lowest BCUT2D eigenvalue weighted by atomic mass is 9.97. The summed E-state index contributed by atoms with van der Waals surface area (Å²) in [6, 6.07) is 18.5. The average Bonchev–Trinajstić information content (AvgIpc) is 2.77. The van der Waals surface area contributed by atoms with E-state index in [0.717, 1.165) is 22.4 Å². The van der Waals surface area contributed by atoms with E-state index in [1.54, 1.807) is 25.4 Å². The van der Waals surface area contributed by atoms with Crippen molar-refractivity contribution in [2.24, 2.45) is 10.8 Å². The van der Waals surface area contributed by atoms with Gasteiger partial charge in [-0.1, -0.05) is 50.2 Å². The second-order valence-electron chi connectivity index (χ2n) is 7.45. The van der Waals surface area contributed by atoms with E-state index in [1.165, 1.54) is 10.8 Å². The van der Waals surface area contributed by atoms with Gasteiger partial charge in [-0.25, -0.2) is 0 Å². The number of nitrogens with zero attached hydrogens (tertiary/aromatic N) is 2. The van der Waals surface area contributed by atoms with Gasteiger partial charge in [0.1, 0.15) is 11.5 Å². The van der Waals surface area contributed by atoms with Crippen molar-refractivity contribution in [3.05, 3.63) is 77.5 Å². The van der Waals surface area contributed by atoms with Gasteiger partial charge in [0.25, 0.3) is 0 Å². The molecule has 3 aromatic carbocycles. The van der Waals surface area contributed by atoms with Crippen LogP contribution in [-0.4, -0.2) is 25.9 Å². The third-order valence-electron chi connectivity index (χ3n) is 5.11. The van der Waals surface area contributed by atoms with Crippen molar-refractivity contribution >= 4 is 23.2 Å². The van der Waals surface area contributed by atoms with E-state index in [4.69, 9.17) is 15.2 Å². The molecule has 3 rings (SSSR count). The number of hydrazone groups is 1. The Labute approximate surface area is 178 Å². The van der Waals surface area contributed by atoms with Crippen molar-refractivity contribution in [1.29, 1.82) is 0 Å². The van der Waals surface area contributed by atoms with Gasteiger partial charge in [0.15, 0.2) is 0 Å². The lowest BCUT2D eigenvalue weighted by Crippen LogP contribution is -2.13. The predicted octanol–water partition coefficient (Wildman–Crippen LogP) is 5.36. The van der Waals surface area contributed by atoms with Gasteiger partial charge in [-0.2, -0.15) is 5.10 Å². The quantitative estimate of drug-likeness (QED) is 0.406. The van der Waals surface area contributed by atoms with E-state index in [0.29, 0.717) is 18.0 Å². The third-order valence-corrected chi connectivity index (χ3v) is 5.11. The molecule has 156 valence electrons. The summed E-state index contributed by atoms with van der Waals surface area (Å²) in [6.07, 6.45) is 1.79.